The van der Waals surface area contributed by atoms with Crippen LogP contribution in [0, 0.1) is 0 Å². The van der Waals surface area contributed by atoms with Gasteiger partial charge in [0.25, 0.3) is 11.8 Å². The summed E-state index contributed by atoms with van der Waals surface area (Å²) in [6.07, 6.45) is 1.47. The maximum Gasteiger partial charge on any atom is 0.272 e. The van der Waals surface area contributed by atoms with Crippen LogP contribution in [-0.4, -0.2) is 27.6 Å². The monoisotopic (exact) mass is 272 g/mol. The second-order valence-corrected chi connectivity index (χ2v) is 4.66. The first-order valence-electron chi connectivity index (χ1n) is 6.25. The second-order valence-electron chi connectivity index (χ2n) is 4.66. The van der Waals surface area contributed by atoms with Crippen LogP contribution in [0.3, 0.4) is 0 Å². The van der Waals surface area contributed by atoms with Crippen molar-refractivity contribution in [1.82, 2.24) is 15.1 Å². The molecule has 104 valence electrons. The number of benzene rings is 1. The molecule has 0 bridgehead atoms. The molecule has 1 aromatic heterocycles. The fraction of sp³-hybridized carbons (Fsp3) is 0.214. The molecule has 2 aromatic rings. The first-order chi connectivity index (χ1) is 9.49. The van der Waals surface area contributed by atoms with Gasteiger partial charge in [0.05, 0.1) is 11.3 Å². The van der Waals surface area contributed by atoms with E-state index in [1.165, 1.54) is 10.9 Å². The number of carbonyl (C=O) groups excluding carboxylic acids is 2. The highest BCUT2D eigenvalue weighted by molar-refractivity contribution is 6.05. The Labute approximate surface area is 116 Å². The molecule has 0 radical (unpaired) electrons. The van der Waals surface area contributed by atoms with Crippen LogP contribution >= 0.6 is 0 Å². The van der Waals surface area contributed by atoms with Gasteiger partial charge in [0.15, 0.2) is 5.69 Å². The zero-order valence-electron chi connectivity index (χ0n) is 11.3. The molecule has 2 rings (SSSR count). The van der Waals surface area contributed by atoms with Crippen molar-refractivity contribution in [3.63, 3.8) is 0 Å². The van der Waals surface area contributed by atoms with Gasteiger partial charge in [-0.3, -0.25) is 9.59 Å². The van der Waals surface area contributed by atoms with Crippen molar-refractivity contribution in [2.75, 3.05) is 0 Å². The van der Waals surface area contributed by atoms with Crippen LogP contribution in [0.2, 0.25) is 0 Å². The van der Waals surface area contributed by atoms with Gasteiger partial charge in [0.1, 0.15) is 0 Å². The predicted molar refractivity (Wildman–Crippen MR) is 74.7 cm³/mol. The quantitative estimate of drug-likeness (QED) is 0.873. The SMILES string of the molecule is CC(C)NC(=O)c1nn(-c2ccccc2)cc1C(N)=O. The number of hydrogen-bond donors (Lipinski definition) is 2. The number of rotatable bonds is 4. The number of amides is 2. The normalized spacial score (nSPS) is 10.6. The topological polar surface area (TPSA) is 90.0 Å². The van der Waals surface area contributed by atoms with Crippen molar-refractivity contribution in [3.05, 3.63) is 47.8 Å². The first kappa shape index (κ1) is 13.8. The molecule has 0 aliphatic heterocycles. The molecule has 2 amide bonds. The summed E-state index contributed by atoms with van der Waals surface area (Å²) < 4.78 is 1.47. The number of para-hydroxylation sites is 1. The van der Waals surface area contributed by atoms with E-state index in [0.29, 0.717) is 0 Å². The fourth-order valence-corrected chi connectivity index (χ4v) is 1.77. The maximum absolute atomic E-state index is 12.0. The maximum atomic E-state index is 12.0. The summed E-state index contributed by atoms with van der Waals surface area (Å²) in [5, 5.41) is 6.86. The minimum atomic E-state index is -0.680. The van der Waals surface area contributed by atoms with E-state index in [1.54, 1.807) is 0 Å². The third kappa shape index (κ3) is 2.85. The lowest BCUT2D eigenvalue weighted by atomic mass is 10.2. The third-order valence-corrected chi connectivity index (χ3v) is 2.64. The Balaban J connectivity index is 2.44. The molecule has 3 N–H and O–H groups in total. The van der Waals surface area contributed by atoms with Gasteiger partial charge in [-0.2, -0.15) is 5.10 Å². The third-order valence-electron chi connectivity index (χ3n) is 2.64. The van der Waals surface area contributed by atoms with Gasteiger partial charge in [-0.1, -0.05) is 18.2 Å². The van der Waals surface area contributed by atoms with Crippen LogP contribution in [0.25, 0.3) is 5.69 Å². The lowest BCUT2D eigenvalue weighted by Crippen LogP contribution is -2.32. The Morgan fingerprint density at radius 2 is 1.90 bits per heavy atom. The highest BCUT2D eigenvalue weighted by Gasteiger charge is 2.21. The minimum absolute atomic E-state index is 0.0371. The van der Waals surface area contributed by atoms with E-state index in [2.05, 4.69) is 10.4 Å². The molecule has 0 aliphatic rings. The summed E-state index contributed by atoms with van der Waals surface area (Å²) in [6, 6.07) is 9.15. The Bertz CT molecular complexity index is 632. The number of carbonyl (C=O) groups is 2. The number of nitrogens with one attached hydrogen (secondary N) is 1. The number of nitrogens with two attached hydrogens (primary N) is 1. The number of primary amides is 1. The van der Waals surface area contributed by atoms with Crippen LogP contribution < -0.4 is 11.1 Å². The van der Waals surface area contributed by atoms with Crippen molar-refractivity contribution in [2.24, 2.45) is 5.73 Å². The molecule has 20 heavy (non-hydrogen) atoms. The van der Waals surface area contributed by atoms with Gasteiger partial charge >= 0.3 is 0 Å². The van der Waals surface area contributed by atoms with Crippen LogP contribution in [0.4, 0.5) is 0 Å². The van der Waals surface area contributed by atoms with E-state index in [9.17, 15) is 9.59 Å². The molecule has 1 heterocycles. The Hall–Kier alpha value is -2.63. The van der Waals surface area contributed by atoms with Gasteiger partial charge in [-0.15, -0.1) is 0 Å². The van der Waals surface area contributed by atoms with Gasteiger partial charge in [0, 0.05) is 12.2 Å². The molecule has 0 saturated heterocycles. The zero-order chi connectivity index (χ0) is 14.7. The van der Waals surface area contributed by atoms with Crippen molar-refractivity contribution in [1.29, 1.82) is 0 Å². The molecule has 0 atom stereocenters. The summed E-state index contributed by atoms with van der Waals surface area (Å²) in [5.74, 6) is -1.09. The predicted octanol–water partition coefficient (Wildman–Crippen LogP) is 1.11. The Kier molecular flexibility index (Phi) is 3.84. The van der Waals surface area contributed by atoms with E-state index >= 15 is 0 Å². The highest BCUT2D eigenvalue weighted by Crippen LogP contribution is 2.12. The van der Waals surface area contributed by atoms with Gasteiger partial charge in [-0.05, 0) is 26.0 Å². The molecule has 0 unspecified atom stereocenters. The highest BCUT2D eigenvalue weighted by atomic mass is 16.2. The number of nitrogens with zero attached hydrogens (tertiary/aromatic N) is 2. The largest absolute Gasteiger partial charge is 0.365 e. The van der Waals surface area contributed by atoms with Gasteiger partial charge < -0.3 is 11.1 Å². The van der Waals surface area contributed by atoms with Crippen LogP contribution in [0.5, 0.6) is 0 Å². The summed E-state index contributed by atoms with van der Waals surface area (Å²) in [4.78, 5) is 23.5. The lowest BCUT2D eigenvalue weighted by molar-refractivity contribution is 0.0923. The molecule has 0 saturated carbocycles. The van der Waals surface area contributed by atoms with Crippen LogP contribution in [-0.2, 0) is 0 Å². The molecule has 6 nitrogen and oxygen atoms in total. The summed E-state index contributed by atoms with van der Waals surface area (Å²) in [5.41, 5.74) is 6.19. The zero-order valence-corrected chi connectivity index (χ0v) is 11.3. The lowest BCUT2D eigenvalue weighted by Gasteiger charge is -2.06. The molecular weight excluding hydrogens is 256 g/mol. The van der Waals surface area contributed by atoms with Crippen LogP contribution in [0.1, 0.15) is 34.7 Å². The molecule has 1 aromatic carbocycles. The van der Waals surface area contributed by atoms with Crippen molar-refractivity contribution >= 4 is 11.8 Å². The molecule has 0 aliphatic carbocycles. The number of hydrogen-bond acceptors (Lipinski definition) is 3. The summed E-state index contributed by atoms with van der Waals surface area (Å²) >= 11 is 0. The Morgan fingerprint density at radius 3 is 2.45 bits per heavy atom. The van der Waals surface area contributed by atoms with E-state index in [-0.39, 0.29) is 17.3 Å². The summed E-state index contributed by atoms with van der Waals surface area (Å²) in [7, 11) is 0. The molecule has 0 fully saturated rings. The van der Waals surface area contributed by atoms with E-state index in [1.807, 2.05) is 44.2 Å². The van der Waals surface area contributed by atoms with E-state index in [0.717, 1.165) is 5.69 Å². The summed E-state index contributed by atoms with van der Waals surface area (Å²) in [6.45, 7) is 3.66. The average molecular weight is 272 g/mol. The minimum Gasteiger partial charge on any atom is -0.365 e. The fourth-order valence-electron chi connectivity index (χ4n) is 1.77. The van der Waals surface area contributed by atoms with E-state index < -0.39 is 11.8 Å². The molecule has 0 spiro atoms. The second kappa shape index (κ2) is 5.56. The smallest absolute Gasteiger partial charge is 0.272 e. The van der Waals surface area contributed by atoms with E-state index in [4.69, 9.17) is 5.73 Å². The molecule has 6 heteroatoms. The standard InChI is InChI=1S/C14H16N4O2/c1-9(2)16-14(20)12-11(13(15)19)8-18(17-12)10-6-4-3-5-7-10/h3-9H,1-2H3,(H2,15,19)(H,16,20). The Morgan fingerprint density at radius 1 is 1.25 bits per heavy atom. The molecular formula is C14H16N4O2. The average Bonchev–Trinajstić information content (AvgIpc) is 2.84. The van der Waals surface area contributed by atoms with Gasteiger partial charge in [-0.25, -0.2) is 4.68 Å². The van der Waals surface area contributed by atoms with Crippen molar-refractivity contribution in [2.45, 2.75) is 19.9 Å². The number of aromatic nitrogens is 2. The van der Waals surface area contributed by atoms with Crippen molar-refractivity contribution < 1.29 is 9.59 Å². The van der Waals surface area contributed by atoms with Crippen molar-refractivity contribution in [3.8, 4) is 5.69 Å². The van der Waals surface area contributed by atoms with Crippen LogP contribution in [0.15, 0.2) is 36.5 Å². The first-order valence-corrected chi connectivity index (χ1v) is 6.25. The van der Waals surface area contributed by atoms with Gasteiger partial charge in [0.2, 0.25) is 0 Å².